The molecule has 0 saturated heterocycles. The molecule has 1 aliphatic carbocycles. The second-order valence-electron chi connectivity index (χ2n) is 9.53. The van der Waals surface area contributed by atoms with Gasteiger partial charge in [-0.25, -0.2) is 0 Å². The summed E-state index contributed by atoms with van der Waals surface area (Å²) < 4.78 is 0. The lowest BCUT2D eigenvalue weighted by molar-refractivity contribution is -0.118. The Hall–Kier alpha value is -4.20. The molecule has 4 aromatic heterocycles. The van der Waals surface area contributed by atoms with Gasteiger partial charge in [0.2, 0.25) is 0 Å². The van der Waals surface area contributed by atoms with Gasteiger partial charge in [0, 0.05) is 48.5 Å². The molecule has 4 aromatic rings. The Bertz CT molecular complexity index is 1220. The van der Waals surface area contributed by atoms with Gasteiger partial charge in [-0.15, -0.1) is 0 Å². The van der Waals surface area contributed by atoms with E-state index >= 15 is 0 Å². The van der Waals surface area contributed by atoms with E-state index < -0.39 is 0 Å². The molecule has 186 valence electrons. The molecule has 2 atom stereocenters. The predicted molar refractivity (Wildman–Crippen MR) is 137 cm³/mol. The number of hydrogen-bond donors (Lipinski definition) is 0. The quantitative estimate of drug-likeness (QED) is 0.328. The van der Waals surface area contributed by atoms with Crippen molar-refractivity contribution >= 4 is 11.6 Å². The van der Waals surface area contributed by atoms with Gasteiger partial charge in [-0.2, -0.15) is 20.4 Å². The molecule has 0 radical (unpaired) electrons. The highest BCUT2D eigenvalue weighted by Gasteiger charge is 2.29. The normalized spacial score (nSPS) is 17.0. The SMILES string of the molecule is O=C(Cc1ccccn1)Cc1ccc([C@H]2CC[C@H](c3ccc(CC(=O)Cc4ccccn4)nn3)C2)nn1. The van der Waals surface area contributed by atoms with Crippen LogP contribution in [-0.2, 0) is 35.3 Å². The Morgan fingerprint density at radius 2 is 1.03 bits per heavy atom. The monoisotopic (exact) mass is 492 g/mol. The van der Waals surface area contributed by atoms with Crippen molar-refractivity contribution in [1.29, 1.82) is 0 Å². The second-order valence-corrected chi connectivity index (χ2v) is 9.53. The molecule has 37 heavy (non-hydrogen) atoms. The average Bonchev–Trinajstić information content (AvgIpc) is 3.41. The van der Waals surface area contributed by atoms with Crippen molar-refractivity contribution in [2.75, 3.05) is 0 Å². The number of aromatic nitrogens is 6. The fourth-order valence-corrected chi connectivity index (χ4v) is 4.82. The molecule has 0 spiro atoms. The minimum Gasteiger partial charge on any atom is -0.299 e. The molecule has 4 heterocycles. The number of hydrogen-bond acceptors (Lipinski definition) is 8. The van der Waals surface area contributed by atoms with Gasteiger partial charge >= 0.3 is 0 Å². The number of carbonyl (C=O) groups excluding carboxylic acids is 2. The van der Waals surface area contributed by atoms with Gasteiger partial charge in [-0.3, -0.25) is 19.6 Å². The van der Waals surface area contributed by atoms with Crippen LogP contribution in [0.1, 0.15) is 65.3 Å². The van der Waals surface area contributed by atoms with E-state index in [1.54, 1.807) is 12.4 Å². The Labute approximate surface area is 215 Å². The number of rotatable bonds is 10. The van der Waals surface area contributed by atoms with Crippen molar-refractivity contribution < 1.29 is 9.59 Å². The van der Waals surface area contributed by atoms with E-state index in [0.29, 0.717) is 36.1 Å². The minimum atomic E-state index is 0.0714. The molecular formula is C29H28N6O2. The van der Waals surface area contributed by atoms with E-state index in [1.807, 2.05) is 60.7 Å². The zero-order valence-corrected chi connectivity index (χ0v) is 20.5. The summed E-state index contributed by atoms with van der Waals surface area (Å²) >= 11 is 0. The van der Waals surface area contributed by atoms with Crippen LogP contribution in [0.3, 0.4) is 0 Å². The Morgan fingerprint density at radius 1 is 0.568 bits per heavy atom. The maximum Gasteiger partial charge on any atom is 0.144 e. The fourth-order valence-electron chi connectivity index (χ4n) is 4.82. The van der Waals surface area contributed by atoms with E-state index in [-0.39, 0.29) is 24.4 Å². The molecule has 1 aliphatic rings. The number of pyridine rings is 2. The molecule has 1 saturated carbocycles. The molecule has 0 amide bonds. The zero-order chi connectivity index (χ0) is 25.5. The zero-order valence-electron chi connectivity index (χ0n) is 20.5. The fraction of sp³-hybridized carbons (Fsp3) is 0.310. The molecule has 0 aromatic carbocycles. The van der Waals surface area contributed by atoms with Crippen LogP contribution < -0.4 is 0 Å². The van der Waals surface area contributed by atoms with E-state index in [1.165, 1.54) is 0 Å². The second kappa shape index (κ2) is 11.7. The van der Waals surface area contributed by atoms with Crippen molar-refractivity contribution in [3.05, 3.63) is 107 Å². The van der Waals surface area contributed by atoms with Crippen LogP contribution in [-0.4, -0.2) is 41.9 Å². The molecule has 0 N–H and O–H groups in total. The average molecular weight is 493 g/mol. The summed E-state index contributed by atoms with van der Waals surface area (Å²) in [6, 6.07) is 18.9. The van der Waals surface area contributed by atoms with Gasteiger partial charge in [0.25, 0.3) is 0 Å². The van der Waals surface area contributed by atoms with E-state index in [0.717, 1.165) is 42.0 Å². The molecule has 8 heteroatoms. The lowest BCUT2D eigenvalue weighted by atomic mass is 9.98. The molecule has 8 nitrogen and oxygen atoms in total. The van der Waals surface area contributed by atoms with Crippen LogP contribution in [0, 0.1) is 0 Å². The third kappa shape index (κ3) is 6.73. The van der Waals surface area contributed by atoms with E-state index in [2.05, 4.69) is 30.4 Å². The van der Waals surface area contributed by atoms with Crippen LogP contribution in [0.4, 0.5) is 0 Å². The summed E-state index contributed by atoms with van der Waals surface area (Å²) in [5, 5.41) is 17.5. The number of Topliss-reactive ketones (excluding diaryl/α,β-unsaturated/α-hetero) is 2. The van der Waals surface area contributed by atoms with Gasteiger partial charge < -0.3 is 0 Å². The van der Waals surface area contributed by atoms with Gasteiger partial charge in [0.15, 0.2) is 0 Å². The summed E-state index contributed by atoms with van der Waals surface area (Å²) in [7, 11) is 0. The molecule has 0 bridgehead atoms. The standard InChI is InChI=1S/C29H28N6O2/c36-26(16-22-5-1-3-13-30-22)18-24-9-11-28(34-32-24)20-7-8-21(15-20)29-12-10-25(33-35-29)19-27(37)17-23-6-2-4-14-31-23/h1-6,9-14,20-21H,7-8,15-19H2/t20-,21-/m0/s1. The number of ketones is 2. The summed E-state index contributed by atoms with van der Waals surface area (Å²) in [5.74, 6) is 0.749. The first-order valence-corrected chi connectivity index (χ1v) is 12.6. The van der Waals surface area contributed by atoms with Crippen LogP contribution >= 0.6 is 0 Å². The highest BCUT2D eigenvalue weighted by atomic mass is 16.1. The van der Waals surface area contributed by atoms with Gasteiger partial charge in [-0.1, -0.05) is 12.1 Å². The van der Waals surface area contributed by atoms with Crippen molar-refractivity contribution in [3.8, 4) is 0 Å². The first-order valence-electron chi connectivity index (χ1n) is 12.6. The van der Waals surface area contributed by atoms with Crippen molar-refractivity contribution in [3.63, 3.8) is 0 Å². The number of nitrogens with zero attached hydrogens (tertiary/aromatic N) is 6. The topological polar surface area (TPSA) is 111 Å². The van der Waals surface area contributed by atoms with Crippen molar-refractivity contribution in [2.45, 2.75) is 56.8 Å². The maximum atomic E-state index is 12.3. The molecule has 0 unspecified atom stereocenters. The third-order valence-electron chi connectivity index (χ3n) is 6.72. The summed E-state index contributed by atoms with van der Waals surface area (Å²) in [6.07, 6.45) is 7.43. The largest absolute Gasteiger partial charge is 0.299 e. The van der Waals surface area contributed by atoms with Crippen LogP contribution in [0.5, 0.6) is 0 Å². The van der Waals surface area contributed by atoms with Gasteiger partial charge in [0.05, 0.1) is 35.6 Å². The Balaban J connectivity index is 1.12. The minimum absolute atomic E-state index is 0.0714. The third-order valence-corrected chi connectivity index (χ3v) is 6.72. The van der Waals surface area contributed by atoms with Crippen molar-refractivity contribution in [1.82, 2.24) is 30.4 Å². The van der Waals surface area contributed by atoms with Gasteiger partial charge in [-0.05, 0) is 67.8 Å². The summed E-state index contributed by atoms with van der Waals surface area (Å²) in [4.78, 5) is 33.1. The van der Waals surface area contributed by atoms with Crippen LogP contribution in [0.25, 0.3) is 0 Å². The van der Waals surface area contributed by atoms with E-state index in [4.69, 9.17) is 0 Å². The highest BCUT2D eigenvalue weighted by molar-refractivity contribution is 5.82. The van der Waals surface area contributed by atoms with Crippen LogP contribution in [0.15, 0.2) is 73.1 Å². The van der Waals surface area contributed by atoms with E-state index in [9.17, 15) is 9.59 Å². The Morgan fingerprint density at radius 3 is 1.41 bits per heavy atom. The summed E-state index contributed by atoms with van der Waals surface area (Å²) in [5.41, 5.74) is 4.79. The molecule has 0 aliphatic heterocycles. The number of carbonyl (C=O) groups is 2. The van der Waals surface area contributed by atoms with Crippen LogP contribution in [0.2, 0.25) is 0 Å². The maximum absolute atomic E-state index is 12.3. The first kappa shape index (κ1) is 24.5. The Kier molecular flexibility index (Phi) is 7.74. The van der Waals surface area contributed by atoms with Crippen molar-refractivity contribution in [2.24, 2.45) is 0 Å². The predicted octanol–water partition coefficient (Wildman–Crippen LogP) is 3.82. The molecule has 5 rings (SSSR count). The van der Waals surface area contributed by atoms with Gasteiger partial charge in [0.1, 0.15) is 11.6 Å². The summed E-state index contributed by atoms with van der Waals surface area (Å²) in [6.45, 7) is 0. The molecule has 1 fully saturated rings. The first-order chi connectivity index (χ1) is 18.1. The lowest BCUT2D eigenvalue weighted by Crippen LogP contribution is -2.11. The molecular weight excluding hydrogens is 464 g/mol. The highest BCUT2D eigenvalue weighted by Crippen LogP contribution is 2.42. The smallest absolute Gasteiger partial charge is 0.144 e. The lowest BCUT2D eigenvalue weighted by Gasteiger charge is -2.11.